The van der Waals surface area contributed by atoms with Crippen LogP contribution in [-0.2, 0) is 0 Å². The van der Waals surface area contributed by atoms with Crippen molar-refractivity contribution in [1.82, 2.24) is 0 Å². The number of hydrogen-bond acceptors (Lipinski definition) is 3. The van der Waals surface area contributed by atoms with Crippen molar-refractivity contribution in [1.29, 1.82) is 0 Å². The van der Waals surface area contributed by atoms with Crippen molar-refractivity contribution in [2.24, 2.45) is 0 Å². The van der Waals surface area contributed by atoms with E-state index in [2.05, 4.69) is 5.32 Å². The van der Waals surface area contributed by atoms with Crippen LogP contribution in [0, 0.1) is 5.82 Å². The third-order valence-electron chi connectivity index (χ3n) is 4.29. The van der Waals surface area contributed by atoms with Crippen LogP contribution in [0.4, 0.5) is 10.1 Å². The topological polar surface area (TPSA) is 63.2 Å². The van der Waals surface area contributed by atoms with Gasteiger partial charge in [-0.3, -0.25) is 14.4 Å². The molecule has 5 heteroatoms. The normalized spacial score (nSPS) is 12.3. The third kappa shape index (κ3) is 2.59. The molecule has 126 valence electrons. The molecular weight excluding hydrogens is 333 g/mol. The van der Waals surface area contributed by atoms with Gasteiger partial charge in [-0.15, -0.1) is 0 Å². The number of benzene rings is 3. The van der Waals surface area contributed by atoms with Crippen LogP contribution in [-0.4, -0.2) is 17.5 Å². The van der Waals surface area contributed by atoms with E-state index < -0.39 is 11.7 Å². The van der Waals surface area contributed by atoms with E-state index in [0.29, 0.717) is 22.4 Å². The average molecular weight is 345 g/mol. The maximum atomic E-state index is 13.0. The number of ketones is 2. The van der Waals surface area contributed by atoms with Crippen LogP contribution in [0.15, 0.2) is 66.7 Å². The van der Waals surface area contributed by atoms with E-state index in [4.69, 9.17) is 0 Å². The van der Waals surface area contributed by atoms with Gasteiger partial charge in [0.25, 0.3) is 5.91 Å². The quantitative estimate of drug-likeness (QED) is 0.600. The molecular formula is C21H12FNO3. The highest BCUT2D eigenvalue weighted by atomic mass is 19.1. The summed E-state index contributed by atoms with van der Waals surface area (Å²) in [6.07, 6.45) is 0. The fourth-order valence-electron chi connectivity index (χ4n) is 2.98. The summed E-state index contributed by atoms with van der Waals surface area (Å²) in [6.45, 7) is 0. The predicted octanol–water partition coefficient (Wildman–Crippen LogP) is 3.85. The van der Waals surface area contributed by atoms with Crippen LogP contribution in [0.25, 0.3) is 0 Å². The van der Waals surface area contributed by atoms with Crippen LogP contribution in [0.3, 0.4) is 0 Å². The van der Waals surface area contributed by atoms with E-state index in [0.717, 1.165) is 0 Å². The number of anilines is 1. The molecule has 1 aliphatic rings. The zero-order valence-electron chi connectivity index (χ0n) is 13.5. The van der Waals surface area contributed by atoms with Crippen molar-refractivity contribution in [2.45, 2.75) is 0 Å². The summed E-state index contributed by atoms with van der Waals surface area (Å²) in [6, 6.07) is 16.4. The first-order valence-corrected chi connectivity index (χ1v) is 7.94. The fourth-order valence-corrected chi connectivity index (χ4v) is 2.98. The molecule has 0 aromatic heterocycles. The minimum Gasteiger partial charge on any atom is -0.322 e. The van der Waals surface area contributed by atoms with Crippen molar-refractivity contribution < 1.29 is 18.8 Å². The largest absolute Gasteiger partial charge is 0.322 e. The standard InChI is InChI=1S/C21H12FNO3/c22-13-7-5-12(6-8-13)21(26)23-14-9-10-17-18(11-14)20(25)16-4-2-1-3-15(16)19(17)24/h1-11H,(H,23,26). The lowest BCUT2D eigenvalue weighted by atomic mass is 9.84. The molecule has 4 nitrogen and oxygen atoms in total. The van der Waals surface area contributed by atoms with Gasteiger partial charge in [0, 0.05) is 33.5 Å². The molecule has 0 radical (unpaired) electrons. The van der Waals surface area contributed by atoms with Gasteiger partial charge in [0.2, 0.25) is 0 Å². The van der Waals surface area contributed by atoms with Crippen molar-refractivity contribution in [3.63, 3.8) is 0 Å². The van der Waals surface area contributed by atoms with E-state index in [-0.39, 0.29) is 22.7 Å². The second-order valence-corrected chi connectivity index (χ2v) is 5.93. The lowest BCUT2D eigenvalue weighted by Crippen LogP contribution is -2.21. The predicted molar refractivity (Wildman–Crippen MR) is 94.1 cm³/mol. The summed E-state index contributed by atoms with van der Waals surface area (Å²) in [5.74, 6) is -1.34. The number of amides is 1. The Morgan fingerprint density at radius 2 is 1.31 bits per heavy atom. The first kappa shape index (κ1) is 15.9. The molecule has 0 spiro atoms. The van der Waals surface area contributed by atoms with Gasteiger partial charge in [-0.2, -0.15) is 0 Å². The van der Waals surface area contributed by atoms with E-state index in [1.807, 2.05) is 0 Å². The molecule has 0 aliphatic heterocycles. The van der Waals surface area contributed by atoms with Gasteiger partial charge in [0.1, 0.15) is 5.82 Å². The number of hydrogen-bond donors (Lipinski definition) is 1. The maximum absolute atomic E-state index is 13.0. The molecule has 0 atom stereocenters. The Bertz CT molecular complexity index is 1070. The first-order valence-electron chi connectivity index (χ1n) is 7.94. The van der Waals surface area contributed by atoms with E-state index >= 15 is 0 Å². The molecule has 4 rings (SSSR count). The molecule has 0 heterocycles. The third-order valence-corrected chi connectivity index (χ3v) is 4.29. The van der Waals surface area contributed by atoms with E-state index in [1.54, 1.807) is 30.3 Å². The van der Waals surface area contributed by atoms with Crippen molar-refractivity contribution >= 4 is 23.2 Å². The zero-order chi connectivity index (χ0) is 18.3. The first-order chi connectivity index (χ1) is 12.5. The number of carbonyl (C=O) groups is 3. The monoisotopic (exact) mass is 345 g/mol. The SMILES string of the molecule is O=C(Nc1ccc2c(c1)C(=O)c1ccccc1C2=O)c1ccc(F)cc1. The van der Waals surface area contributed by atoms with Gasteiger partial charge in [-0.05, 0) is 42.5 Å². The Kier molecular flexibility index (Phi) is 3.69. The second-order valence-electron chi connectivity index (χ2n) is 5.93. The molecule has 26 heavy (non-hydrogen) atoms. The molecule has 0 unspecified atom stereocenters. The molecule has 1 N–H and O–H groups in total. The van der Waals surface area contributed by atoms with Crippen LogP contribution >= 0.6 is 0 Å². The van der Waals surface area contributed by atoms with Gasteiger partial charge in [-0.25, -0.2) is 4.39 Å². The Balaban J connectivity index is 1.67. The molecule has 0 fully saturated rings. The molecule has 0 saturated heterocycles. The summed E-state index contributed by atoms with van der Waals surface area (Å²) in [5.41, 5.74) is 1.98. The number of fused-ring (bicyclic) bond motifs is 2. The van der Waals surface area contributed by atoms with Crippen molar-refractivity contribution in [3.05, 3.63) is 100 Å². The smallest absolute Gasteiger partial charge is 0.255 e. The van der Waals surface area contributed by atoms with Crippen LogP contribution in [0.2, 0.25) is 0 Å². The lowest BCUT2D eigenvalue weighted by Gasteiger charge is -2.18. The molecule has 3 aromatic rings. The van der Waals surface area contributed by atoms with Crippen LogP contribution in [0.5, 0.6) is 0 Å². The minimum atomic E-state index is -0.432. The van der Waals surface area contributed by atoms with Gasteiger partial charge in [0.15, 0.2) is 11.6 Å². The molecule has 0 saturated carbocycles. The summed E-state index contributed by atoms with van der Waals surface area (Å²) < 4.78 is 13.0. The number of rotatable bonds is 2. The summed E-state index contributed by atoms with van der Waals surface area (Å²) in [7, 11) is 0. The van der Waals surface area contributed by atoms with Crippen LogP contribution < -0.4 is 5.32 Å². The molecule has 0 bridgehead atoms. The molecule has 3 aromatic carbocycles. The summed E-state index contributed by atoms with van der Waals surface area (Å²) in [4.78, 5) is 37.5. The number of halogens is 1. The molecule has 1 aliphatic carbocycles. The highest BCUT2D eigenvalue weighted by Crippen LogP contribution is 2.29. The Hall–Kier alpha value is -3.60. The van der Waals surface area contributed by atoms with Gasteiger partial charge < -0.3 is 5.32 Å². The van der Waals surface area contributed by atoms with Gasteiger partial charge >= 0.3 is 0 Å². The van der Waals surface area contributed by atoms with E-state index in [1.165, 1.54) is 36.4 Å². The van der Waals surface area contributed by atoms with Crippen molar-refractivity contribution in [3.8, 4) is 0 Å². The number of nitrogens with one attached hydrogen (secondary N) is 1. The zero-order valence-corrected chi connectivity index (χ0v) is 13.5. The second kappa shape index (κ2) is 6.04. The average Bonchev–Trinajstić information content (AvgIpc) is 2.66. The fraction of sp³-hybridized carbons (Fsp3) is 0. The highest BCUT2D eigenvalue weighted by molar-refractivity contribution is 6.28. The summed E-state index contributed by atoms with van der Waals surface area (Å²) in [5, 5.41) is 2.66. The summed E-state index contributed by atoms with van der Waals surface area (Å²) >= 11 is 0. The minimum absolute atomic E-state index is 0.216. The lowest BCUT2D eigenvalue weighted by molar-refractivity contribution is 0.0979. The Morgan fingerprint density at radius 3 is 1.96 bits per heavy atom. The van der Waals surface area contributed by atoms with E-state index in [9.17, 15) is 18.8 Å². The Labute approximate surface area is 148 Å². The molecule has 1 amide bonds. The van der Waals surface area contributed by atoms with Gasteiger partial charge in [-0.1, -0.05) is 24.3 Å². The highest BCUT2D eigenvalue weighted by Gasteiger charge is 2.29. The Morgan fingerprint density at radius 1 is 0.731 bits per heavy atom. The van der Waals surface area contributed by atoms with Crippen molar-refractivity contribution in [2.75, 3.05) is 5.32 Å². The number of carbonyl (C=O) groups excluding carboxylic acids is 3. The maximum Gasteiger partial charge on any atom is 0.255 e. The van der Waals surface area contributed by atoms with Gasteiger partial charge in [0.05, 0.1) is 0 Å². The van der Waals surface area contributed by atoms with Crippen LogP contribution in [0.1, 0.15) is 42.2 Å².